The maximum absolute atomic E-state index is 4.68. The van der Waals surface area contributed by atoms with Crippen LogP contribution in [0.2, 0.25) is 0 Å². The number of nitrogens with one attached hydrogen (secondary N) is 3. The second-order valence-electron chi connectivity index (χ2n) is 9.84. The number of pyridine rings is 1. The number of imidazole rings is 1. The Morgan fingerprint density at radius 1 is 1.15 bits per heavy atom. The lowest BCUT2D eigenvalue weighted by Gasteiger charge is -2.08. The van der Waals surface area contributed by atoms with Gasteiger partial charge in [0.05, 0.1) is 46.7 Å². The summed E-state index contributed by atoms with van der Waals surface area (Å²) in [5, 5.41) is 14.3. The van der Waals surface area contributed by atoms with Crippen LogP contribution in [0.3, 0.4) is 0 Å². The van der Waals surface area contributed by atoms with Gasteiger partial charge in [-0.1, -0.05) is 67.8 Å². The molecule has 1 aromatic carbocycles. The summed E-state index contributed by atoms with van der Waals surface area (Å²) in [6.45, 7) is 15.9. The lowest BCUT2D eigenvalue weighted by Crippen LogP contribution is -2.23. The van der Waals surface area contributed by atoms with Crippen molar-refractivity contribution in [2.24, 2.45) is 0 Å². The summed E-state index contributed by atoms with van der Waals surface area (Å²) in [6.07, 6.45) is 17.7. The Balaban J connectivity index is 1.46. The minimum atomic E-state index is 0.704. The van der Waals surface area contributed by atoms with Crippen LogP contribution in [-0.2, 0) is 6.54 Å². The standard InChI is InChI=1S/C34H35N7/c1-6-25(17-35-18-26-12-10-9-11-13-26)15-27(7-2)23(4)14-29-30(8-3)39-40-34(29)31-16-28-32(38-31)19-36-20-33(28)41-21-24(5)37-22-41/h6-16,19-22,35,38-39H,1,4,17-18H2,2-3,5H3/b25-15+,27-7+,29-14+,30-8+. The van der Waals surface area contributed by atoms with Crippen molar-refractivity contribution >= 4 is 23.1 Å². The van der Waals surface area contributed by atoms with Crippen molar-refractivity contribution in [1.29, 1.82) is 0 Å². The highest BCUT2D eigenvalue weighted by Gasteiger charge is 2.13. The van der Waals surface area contributed by atoms with Gasteiger partial charge in [-0.15, -0.1) is 0 Å². The Labute approximate surface area is 240 Å². The number of aryl methyl sites for hydroxylation is 1. The number of fused-ring (bicyclic) bond motifs is 1. The van der Waals surface area contributed by atoms with Crippen LogP contribution in [0.25, 0.3) is 40.1 Å². The number of aromatic nitrogens is 6. The van der Waals surface area contributed by atoms with E-state index < -0.39 is 0 Å². The summed E-state index contributed by atoms with van der Waals surface area (Å²) in [6, 6.07) is 12.5. The monoisotopic (exact) mass is 541 g/mol. The molecule has 0 saturated heterocycles. The highest BCUT2D eigenvalue weighted by Crippen LogP contribution is 2.26. The predicted octanol–water partition coefficient (Wildman–Crippen LogP) is 5.43. The van der Waals surface area contributed by atoms with Crippen molar-refractivity contribution in [2.75, 3.05) is 6.54 Å². The third-order valence-electron chi connectivity index (χ3n) is 7.00. The van der Waals surface area contributed by atoms with Gasteiger partial charge in [-0.25, -0.2) is 4.98 Å². The largest absolute Gasteiger partial charge is 0.352 e. The van der Waals surface area contributed by atoms with E-state index in [4.69, 9.17) is 0 Å². The molecule has 0 spiro atoms. The fourth-order valence-electron chi connectivity index (χ4n) is 4.81. The Morgan fingerprint density at radius 2 is 1.98 bits per heavy atom. The molecule has 0 aliphatic carbocycles. The van der Waals surface area contributed by atoms with E-state index in [1.807, 2.05) is 62.1 Å². The molecule has 7 heteroatoms. The first-order chi connectivity index (χ1) is 20.0. The topological polar surface area (TPSA) is 87.2 Å². The van der Waals surface area contributed by atoms with Crippen molar-refractivity contribution in [3.05, 3.63) is 131 Å². The molecule has 0 fully saturated rings. The average Bonchev–Trinajstić information content (AvgIpc) is 3.73. The van der Waals surface area contributed by atoms with E-state index in [1.54, 1.807) is 6.33 Å². The number of benzene rings is 1. The van der Waals surface area contributed by atoms with E-state index in [9.17, 15) is 0 Å². The van der Waals surface area contributed by atoms with Crippen LogP contribution in [0, 0.1) is 6.92 Å². The van der Waals surface area contributed by atoms with E-state index in [-0.39, 0.29) is 0 Å². The molecule has 5 rings (SSSR count). The number of H-pyrrole nitrogens is 2. The zero-order valence-corrected chi connectivity index (χ0v) is 23.8. The molecule has 0 atom stereocenters. The SMILES string of the molecule is C=C/C(=C\C(=C/C)C(=C)/C=c1/c(-c2cc3c(-n4cnc(C)c4)cncc3[nH]2)n[nH]/c1=C/C)CNCc1ccccc1. The number of allylic oxidation sites excluding steroid dienone is 4. The first-order valence-electron chi connectivity index (χ1n) is 13.6. The first-order valence-corrected chi connectivity index (χ1v) is 13.6. The van der Waals surface area contributed by atoms with Gasteiger partial charge in [0.2, 0.25) is 0 Å². The molecular weight excluding hydrogens is 506 g/mol. The zero-order valence-electron chi connectivity index (χ0n) is 23.8. The van der Waals surface area contributed by atoms with Crippen molar-refractivity contribution in [3.8, 4) is 17.1 Å². The second-order valence-corrected chi connectivity index (χ2v) is 9.84. The van der Waals surface area contributed by atoms with Crippen LogP contribution in [0.4, 0.5) is 0 Å². The molecule has 7 nitrogen and oxygen atoms in total. The van der Waals surface area contributed by atoms with Crippen molar-refractivity contribution in [1.82, 2.24) is 35.0 Å². The quantitative estimate of drug-likeness (QED) is 0.206. The number of hydrogen-bond donors (Lipinski definition) is 3. The molecular formula is C34H35N7. The lowest BCUT2D eigenvalue weighted by molar-refractivity contribution is 0.747. The number of nitrogens with zero attached hydrogens (tertiary/aromatic N) is 4. The van der Waals surface area contributed by atoms with Crippen molar-refractivity contribution < 1.29 is 0 Å². The molecule has 0 aliphatic rings. The number of hydrogen-bond acceptors (Lipinski definition) is 4. The molecule has 0 unspecified atom stereocenters. The minimum absolute atomic E-state index is 0.704. The Morgan fingerprint density at radius 3 is 2.68 bits per heavy atom. The van der Waals surface area contributed by atoms with Crippen molar-refractivity contribution in [3.63, 3.8) is 0 Å². The molecule has 41 heavy (non-hydrogen) atoms. The molecule has 0 amide bonds. The summed E-state index contributed by atoms with van der Waals surface area (Å²) in [5.41, 5.74) is 8.78. The summed E-state index contributed by atoms with van der Waals surface area (Å²) in [7, 11) is 0. The summed E-state index contributed by atoms with van der Waals surface area (Å²) >= 11 is 0. The van der Waals surface area contributed by atoms with Gasteiger partial charge in [-0.05, 0) is 55.2 Å². The summed E-state index contributed by atoms with van der Waals surface area (Å²) in [5.74, 6) is 0. The third-order valence-corrected chi connectivity index (χ3v) is 7.00. The molecule has 5 aromatic rings. The van der Waals surface area contributed by atoms with E-state index in [1.165, 1.54) is 5.56 Å². The molecule has 0 bridgehead atoms. The fraction of sp³-hybridized carbons (Fsp3) is 0.147. The van der Waals surface area contributed by atoms with Gasteiger partial charge in [0.1, 0.15) is 5.69 Å². The maximum atomic E-state index is 4.68. The van der Waals surface area contributed by atoms with Gasteiger partial charge in [0.15, 0.2) is 0 Å². The Kier molecular flexibility index (Phi) is 8.36. The van der Waals surface area contributed by atoms with Crippen LogP contribution in [-0.4, -0.2) is 36.3 Å². The number of aromatic amines is 2. The zero-order chi connectivity index (χ0) is 28.8. The van der Waals surface area contributed by atoms with Gasteiger partial charge >= 0.3 is 0 Å². The molecule has 0 saturated carbocycles. The second kappa shape index (κ2) is 12.4. The average molecular weight is 542 g/mol. The molecule has 206 valence electrons. The van der Waals surface area contributed by atoms with Gasteiger partial charge in [0, 0.05) is 29.9 Å². The van der Waals surface area contributed by atoms with Crippen LogP contribution in [0.15, 0.2) is 109 Å². The van der Waals surface area contributed by atoms with Crippen LogP contribution in [0.1, 0.15) is 25.1 Å². The normalized spacial score (nSPS) is 13.3. The van der Waals surface area contributed by atoms with Gasteiger partial charge in [-0.3, -0.25) is 10.1 Å². The molecule has 4 aromatic heterocycles. The molecule has 0 radical (unpaired) electrons. The molecule has 0 aliphatic heterocycles. The number of rotatable bonds is 10. The fourth-order valence-corrected chi connectivity index (χ4v) is 4.81. The van der Waals surface area contributed by atoms with Gasteiger partial charge < -0.3 is 14.9 Å². The Hall–Kier alpha value is -5.01. The van der Waals surface area contributed by atoms with E-state index in [2.05, 4.69) is 92.2 Å². The van der Waals surface area contributed by atoms with Crippen molar-refractivity contribution in [2.45, 2.75) is 27.3 Å². The lowest BCUT2D eigenvalue weighted by atomic mass is 10.0. The Bertz CT molecular complexity index is 1880. The first kappa shape index (κ1) is 27.6. The van der Waals surface area contributed by atoms with Gasteiger partial charge in [-0.2, -0.15) is 5.10 Å². The highest BCUT2D eigenvalue weighted by molar-refractivity contribution is 5.91. The molecule has 4 heterocycles. The van der Waals surface area contributed by atoms with E-state index >= 15 is 0 Å². The van der Waals surface area contributed by atoms with Crippen LogP contribution >= 0.6 is 0 Å². The van der Waals surface area contributed by atoms with Crippen LogP contribution in [0.5, 0.6) is 0 Å². The van der Waals surface area contributed by atoms with E-state index in [0.29, 0.717) is 6.54 Å². The molecule has 3 N–H and O–H groups in total. The minimum Gasteiger partial charge on any atom is -0.352 e. The maximum Gasteiger partial charge on any atom is 0.116 e. The smallest absolute Gasteiger partial charge is 0.116 e. The summed E-state index contributed by atoms with van der Waals surface area (Å²) in [4.78, 5) is 12.3. The third kappa shape index (κ3) is 6.10. The predicted molar refractivity (Wildman–Crippen MR) is 169 cm³/mol. The van der Waals surface area contributed by atoms with Gasteiger partial charge in [0.25, 0.3) is 0 Å². The van der Waals surface area contributed by atoms with E-state index in [0.717, 1.165) is 67.5 Å². The van der Waals surface area contributed by atoms with Crippen LogP contribution < -0.4 is 15.9 Å². The highest BCUT2D eigenvalue weighted by atomic mass is 15.1. The summed E-state index contributed by atoms with van der Waals surface area (Å²) < 4.78 is 1.99.